The van der Waals surface area contributed by atoms with E-state index >= 15 is 0 Å². The number of nitrogens with one attached hydrogen (secondary N) is 2. The molecule has 0 unspecified atom stereocenters. The topological polar surface area (TPSA) is 146 Å². The highest BCUT2D eigenvalue weighted by Crippen LogP contribution is 2.39. The smallest absolute Gasteiger partial charge is 0.277 e. The van der Waals surface area contributed by atoms with E-state index in [-0.39, 0.29) is 23.4 Å². The summed E-state index contributed by atoms with van der Waals surface area (Å²) in [4.78, 5) is 57.4. The van der Waals surface area contributed by atoms with Crippen molar-refractivity contribution in [3.8, 4) is 5.88 Å². The van der Waals surface area contributed by atoms with E-state index in [1.165, 1.54) is 6.26 Å². The lowest BCUT2D eigenvalue weighted by atomic mass is 10.1. The predicted octanol–water partition coefficient (Wildman–Crippen LogP) is 2.67. The molecule has 6 rings (SSSR count). The van der Waals surface area contributed by atoms with Gasteiger partial charge in [0.1, 0.15) is 6.26 Å². The first-order chi connectivity index (χ1) is 21.0. The van der Waals surface area contributed by atoms with Gasteiger partial charge in [-0.25, -0.2) is 9.97 Å². The molecule has 3 fully saturated rings. The summed E-state index contributed by atoms with van der Waals surface area (Å²) < 4.78 is 10.8. The number of anilines is 3. The molecule has 1 aliphatic carbocycles. The molecule has 43 heavy (non-hydrogen) atoms. The number of oxazole rings is 1. The first-order valence-electron chi connectivity index (χ1n) is 14.8. The molecule has 3 aromatic rings. The summed E-state index contributed by atoms with van der Waals surface area (Å²) in [6.07, 6.45) is 7.27. The molecule has 13 nitrogen and oxygen atoms in total. The van der Waals surface area contributed by atoms with Gasteiger partial charge in [0.25, 0.3) is 11.8 Å². The van der Waals surface area contributed by atoms with E-state index in [1.807, 2.05) is 11.0 Å². The zero-order valence-electron chi connectivity index (χ0n) is 24.3. The molecule has 1 aromatic carbocycles. The Morgan fingerprint density at radius 3 is 2.60 bits per heavy atom. The molecule has 0 spiro atoms. The number of methoxy groups -OCH3 is 1. The molecule has 1 saturated carbocycles. The molecule has 226 valence electrons. The molecular formula is C30H36N8O5. The lowest BCUT2D eigenvalue weighted by Gasteiger charge is -2.37. The largest absolute Gasteiger partial charge is 0.481 e. The van der Waals surface area contributed by atoms with Crippen LogP contribution in [0.4, 0.5) is 17.3 Å². The van der Waals surface area contributed by atoms with Crippen molar-refractivity contribution in [2.45, 2.75) is 38.0 Å². The third-order valence-corrected chi connectivity index (χ3v) is 7.98. The summed E-state index contributed by atoms with van der Waals surface area (Å²) >= 11 is 0. The minimum Gasteiger partial charge on any atom is -0.481 e. The fraction of sp³-hybridized carbons (Fsp3) is 0.467. The van der Waals surface area contributed by atoms with Gasteiger partial charge in [-0.1, -0.05) is 0 Å². The number of aromatic nitrogens is 3. The molecular weight excluding hydrogens is 552 g/mol. The minimum atomic E-state index is -0.395. The molecule has 2 saturated heterocycles. The second kappa shape index (κ2) is 12.7. The maximum atomic E-state index is 13.2. The van der Waals surface area contributed by atoms with Gasteiger partial charge in [0.2, 0.25) is 17.7 Å². The first kappa shape index (κ1) is 28.4. The molecule has 0 radical (unpaired) electrons. The van der Waals surface area contributed by atoms with Crippen molar-refractivity contribution in [2.75, 3.05) is 68.0 Å². The quantitative estimate of drug-likeness (QED) is 0.321. The average Bonchev–Trinajstić information content (AvgIpc) is 3.62. The van der Waals surface area contributed by atoms with E-state index in [9.17, 15) is 14.4 Å². The standard InChI is InChI=1S/C30H36N8O5/c1-42-25-9-11-32-30(35-25)38-16-14-36(15-17-38)24-8-7-21(27(40)31-10-3-13-37-12-2-4-26(37)39)18-22(24)33-28(41)23-19-43-29(34-23)20-5-6-20/h7-9,11,18-20H,2-6,10,12-17H2,1H3,(H,31,40)(H,33,41). The van der Waals surface area contributed by atoms with Gasteiger partial charge in [-0.3, -0.25) is 14.4 Å². The highest BCUT2D eigenvalue weighted by molar-refractivity contribution is 6.06. The van der Waals surface area contributed by atoms with Gasteiger partial charge in [0, 0.05) is 76.0 Å². The Balaban J connectivity index is 1.15. The van der Waals surface area contributed by atoms with Crippen LogP contribution in [0.1, 0.15) is 64.8 Å². The number of hydrogen-bond donors (Lipinski definition) is 2. The van der Waals surface area contributed by atoms with Crippen molar-refractivity contribution < 1.29 is 23.5 Å². The second-order valence-corrected chi connectivity index (χ2v) is 11.0. The van der Waals surface area contributed by atoms with Gasteiger partial charge in [-0.15, -0.1) is 0 Å². The first-order valence-corrected chi connectivity index (χ1v) is 14.8. The Bertz CT molecular complexity index is 1480. The van der Waals surface area contributed by atoms with Crippen molar-refractivity contribution in [2.24, 2.45) is 0 Å². The second-order valence-electron chi connectivity index (χ2n) is 11.0. The van der Waals surface area contributed by atoms with Gasteiger partial charge in [-0.05, 0) is 43.9 Å². The highest BCUT2D eigenvalue weighted by Gasteiger charge is 2.30. The van der Waals surface area contributed by atoms with Gasteiger partial charge in [0.15, 0.2) is 11.6 Å². The number of nitrogens with zero attached hydrogens (tertiary/aromatic N) is 6. The maximum Gasteiger partial charge on any atom is 0.277 e. The van der Waals surface area contributed by atoms with Crippen molar-refractivity contribution >= 4 is 35.0 Å². The molecule has 0 atom stereocenters. The van der Waals surface area contributed by atoms with Crippen molar-refractivity contribution in [3.05, 3.63) is 53.9 Å². The number of piperazine rings is 1. The van der Waals surface area contributed by atoms with Crippen LogP contribution < -0.4 is 25.2 Å². The summed E-state index contributed by atoms with van der Waals surface area (Å²) in [6.45, 7) is 4.49. The van der Waals surface area contributed by atoms with Crippen LogP contribution in [0.2, 0.25) is 0 Å². The summed E-state index contributed by atoms with van der Waals surface area (Å²) in [5.74, 6) is 1.53. The van der Waals surface area contributed by atoms with Gasteiger partial charge in [0.05, 0.1) is 18.5 Å². The van der Waals surface area contributed by atoms with Crippen LogP contribution >= 0.6 is 0 Å². The maximum absolute atomic E-state index is 13.2. The van der Waals surface area contributed by atoms with E-state index in [0.29, 0.717) is 81.1 Å². The van der Waals surface area contributed by atoms with E-state index in [4.69, 9.17) is 9.15 Å². The molecule has 13 heteroatoms. The Morgan fingerprint density at radius 2 is 1.86 bits per heavy atom. The normalized spacial score (nSPS) is 16.9. The van der Waals surface area contributed by atoms with Crippen LogP contribution in [-0.2, 0) is 4.79 Å². The monoisotopic (exact) mass is 588 g/mol. The van der Waals surface area contributed by atoms with Crippen LogP contribution in [0.15, 0.2) is 41.1 Å². The van der Waals surface area contributed by atoms with E-state index < -0.39 is 5.91 Å². The Labute approximate surface area is 249 Å². The van der Waals surface area contributed by atoms with E-state index in [0.717, 1.165) is 31.5 Å². The SMILES string of the molecule is COc1ccnc(N2CCN(c3ccc(C(=O)NCCCN4CCCC4=O)cc3NC(=O)c3coc(C4CC4)n3)CC2)n1. The predicted molar refractivity (Wildman–Crippen MR) is 159 cm³/mol. The number of ether oxygens (including phenoxy) is 1. The van der Waals surface area contributed by atoms with Crippen molar-refractivity contribution in [1.82, 2.24) is 25.2 Å². The molecule has 2 aromatic heterocycles. The highest BCUT2D eigenvalue weighted by atomic mass is 16.5. The third-order valence-electron chi connectivity index (χ3n) is 7.98. The summed E-state index contributed by atoms with van der Waals surface area (Å²) in [5, 5.41) is 5.92. The van der Waals surface area contributed by atoms with E-state index in [2.05, 4.69) is 35.4 Å². The number of carbonyl (C=O) groups excluding carboxylic acids is 3. The van der Waals surface area contributed by atoms with Crippen molar-refractivity contribution in [1.29, 1.82) is 0 Å². The number of likely N-dealkylation sites (tertiary alicyclic amines) is 1. The third kappa shape index (κ3) is 6.71. The number of benzene rings is 1. The molecule has 4 heterocycles. The fourth-order valence-corrected chi connectivity index (χ4v) is 5.41. The van der Waals surface area contributed by atoms with Gasteiger partial charge in [-0.2, -0.15) is 4.98 Å². The Morgan fingerprint density at radius 1 is 1.05 bits per heavy atom. The van der Waals surface area contributed by atoms with Crippen LogP contribution in [-0.4, -0.2) is 90.5 Å². The molecule has 3 amide bonds. The zero-order chi connectivity index (χ0) is 29.8. The number of rotatable bonds is 11. The zero-order valence-corrected chi connectivity index (χ0v) is 24.3. The van der Waals surface area contributed by atoms with Gasteiger partial charge >= 0.3 is 0 Å². The van der Waals surface area contributed by atoms with Crippen molar-refractivity contribution in [3.63, 3.8) is 0 Å². The average molecular weight is 589 g/mol. The summed E-state index contributed by atoms with van der Waals surface area (Å²) in [5.41, 5.74) is 1.95. The lowest BCUT2D eigenvalue weighted by Crippen LogP contribution is -2.47. The van der Waals surface area contributed by atoms with Crippen LogP contribution in [0.3, 0.4) is 0 Å². The van der Waals surface area contributed by atoms with Gasteiger partial charge < -0.3 is 34.5 Å². The molecule has 3 aliphatic rings. The van der Waals surface area contributed by atoms with Crippen LogP contribution in [0.25, 0.3) is 0 Å². The number of carbonyl (C=O) groups is 3. The summed E-state index contributed by atoms with van der Waals surface area (Å²) in [6, 6.07) is 7.04. The fourth-order valence-electron chi connectivity index (χ4n) is 5.41. The summed E-state index contributed by atoms with van der Waals surface area (Å²) in [7, 11) is 1.58. The minimum absolute atomic E-state index is 0.176. The van der Waals surface area contributed by atoms with Crippen LogP contribution in [0, 0.1) is 0 Å². The molecule has 2 N–H and O–H groups in total. The Hall–Kier alpha value is -4.68. The molecule has 0 bridgehead atoms. The number of amides is 3. The van der Waals surface area contributed by atoms with E-state index in [1.54, 1.807) is 31.5 Å². The Kier molecular flexibility index (Phi) is 8.38. The molecule has 2 aliphatic heterocycles. The van der Waals surface area contributed by atoms with Crippen LogP contribution in [0.5, 0.6) is 5.88 Å². The number of hydrogen-bond acceptors (Lipinski definition) is 10. The lowest BCUT2D eigenvalue weighted by molar-refractivity contribution is -0.127.